The molecule has 14 heteroatoms. The molecule has 5 aromatic heterocycles. The van der Waals surface area contributed by atoms with Gasteiger partial charge >= 0.3 is 0 Å². The zero-order chi connectivity index (χ0) is 32.8. The molecule has 0 spiro atoms. The number of rotatable bonds is 8. The molecule has 236 valence electrons. The highest BCUT2D eigenvalue weighted by Crippen LogP contribution is 2.27. The van der Waals surface area contributed by atoms with Crippen molar-refractivity contribution in [1.82, 2.24) is 29.5 Å². The number of nitrogens with zero attached hydrogens (tertiary/aromatic N) is 3. The summed E-state index contributed by atoms with van der Waals surface area (Å²) in [5.74, 6) is 0.0126. The number of anilines is 2. The van der Waals surface area contributed by atoms with Gasteiger partial charge in [0.1, 0.15) is 28.5 Å². The van der Waals surface area contributed by atoms with E-state index in [1.54, 1.807) is 59.5 Å². The van der Waals surface area contributed by atoms with E-state index in [1.165, 1.54) is 24.5 Å². The SMILES string of the molecule is CC(C)Oc1cc2[nH]ncc2cc1C(=O)Nc1ccc[nH]c1=O.CC(C)Oc1cc2nccn2cc1C(=O)Nc1ccc[nH]c1=O. The number of pyridine rings is 3. The van der Waals surface area contributed by atoms with Gasteiger partial charge in [0.05, 0.1) is 35.0 Å². The van der Waals surface area contributed by atoms with Crippen LogP contribution in [0, 0.1) is 0 Å². The molecule has 0 saturated heterocycles. The van der Waals surface area contributed by atoms with Gasteiger partial charge in [0.2, 0.25) is 0 Å². The minimum Gasteiger partial charge on any atom is -0.490 e. The maximum atomic E-state index is 12.6. The molecule has 0 aliphatic heterocycles. The minimum atomic E-state index is -0.423. The Kier molecular flexibility index (Phi) is 9.26. The quantitative estimate of drug-likeness (QED) is 0.165. The lowest BCUT2D eigenvalue weighted by molar-refractivity contribution is 0.101. The average molecular weight is 625 g/mol. The van der Waals surface area contributed by atoms with Crippen molar-refractivity contribution in [2.24, 2.45) is 0 Å². The minimum absolute atomic E-state index is 0.0953. The van der Waals surface area contributed by atoms with E-state index in [9.17, 15) is 19.2 Å². The first-order valence-corrected chi connectivity index (χ1v) is 14.3. The maximum absolute atomic E-state index is 12.6. The second kappa shape index (κ2) is 13.6. The molecule has 2 amide bonds. The van der Waals surface area contributed by atoms with Crippen LogP contribution in [0.5, 0.6) is 11.5 Å². The molecule has 0 fully saturated rings. The average Bonchev–Trinajstić information content (AvgIpc) is 3.67. The van der Waals surface area contributed by atoms with Gasteiger partial charge in [-0.1, -0.05) is 0 Å². The first kappa shape index (κ1) is 31.3. The Hall–Kier alpha value is -6.18. The van der Waals surface area contributed by atoms with Gasteiger partial charge in [0.25, 0.3) is 22.9 Å². The lowest BCUT2D eigenvalue weighted by Crippen LogP contribution is -2.21. The van der Waals surface area contributed by atoms with Crippen LogP contribution in [0.2, 0.25) is 0 Å². The molecule has 6 aromatic rings. The van der Waals surface area contributed by atoms with Crippen molar-refractivity contribution in [3.05, 3.63) is 111 Å². The number of imidazole rings is 1. The molecule has 5 N–H and O–H groups in total. The van der Waals surface area contributed by atoms with Crippen molar-refractivity contribution in [3.8, 4) is 11.5 Å². The molecule has 0 bridgehead atoms. The number of H-pyrrole nitrogens is 3. The third-order valence-electron chi connectivity index (χ3n) is 6.38. The molecule has 0 unspecified atom stereocenters. The lowest BCUT2D eigenvalue weighted by atomic mass is 10.1. The van der Waals surface area contributed by atoms with E-state index in [1.807, 2.05) is 27.7 Å². The Balaban J connectivity index is 0.000000181. The van der Waals surface area contributed by atoms with Crippen LogP contribution in [0.15, 0.2) is 89.2 Å². The number of carbonyl (C=O) groups excluding carboxylic acids is 2. The summed E-state index contributed by atoms with van der Waals surface area (Å²) in [6, 6.07) is 11.5. The van der Waals surface area contributed by atoms with E-state index in [2.05, 4.69) is 35.8 Å². The van der Waals surface area contributed by atoms with Crippen molar-refractivity contribution in [1.29, 1.82) is 0 Å². The Morgan fingerprint density at radius 1 is 0.826 bits per heavy atom. The van der Waals surface area contributed by atoms with Gasteiger partial charge < -0.3 is 34.5 Å². The number of aromatic nitrogens is 6. The molecule has 6 rings (SSSR count). The predicted molar refractivity (Wildman–Crippen MR) is 173 cm³/mol. The fraction of sp³-hybridized carbons (Fsp3) is 0.188. The van der Waals surface area contributed by atoms with Crippen molar-refractivity contribution in [2.75, 3.05) is 10.6 Å². The number of ether oxygens (including phenoxy) is 2. The van der Waals surface area contributed by atoms with Crippen LogP contribution < -0.4 is 31.2 Å². The van der Waals surface area contributed by atoms with Crippen molar-refractivity contribution >= 4 is 39.7 Å². The molecule has 0 atom stereocenters. The highest BCUT2D eigenvalue weighted by molar-refractivity contribution is 6.08. The summed E-state index contributed by atoms with van der Waals surface area (Å²) in [5, 5.41) is 12.8. The molecular weight excluding hydrogens is 592 g/mol. The van der Waals surface area contributed by atoms with E-state index in [0.717, 1.165) is 10.9 Å². The van der Waals surface area contributed by atoms with Crippen molar-refractivity contribution in [2.45, 2.75) is 39.9 Å². The van der Waals surface area contributed by atoms with Crippen LogP contribution >= 0.6 is 0 Å². The van der Waals surface area contributed by atoms with E-state index in [0.29, 0.717) is 28.3 Å². The zero-order valence-electron chi connectivity index (χ0n) is 25.5. The fourth-order valence-electron chi connectivity index (χ4n) is 4.38. The first-order valence-electron chi connectivity index (χ1n) is 14.3. The van der Waals surface area contributed by atoms with Crippen LogP contribution in [-0.4, -0.2) is 53.6 Å². The third-order valence-corrected chi connectivity index (χ3v) is 6.38. The van der Waals surface area contributed by atoms with E-state index in [4.69, 9.17) is 9.47 Å². The Morgan fingerprint density at radius 3 is 2.00 bits per heavy atom. The largest absolute Gasteiger partial charge is 0.490 e. The van der Waals surface area contributed by atoms with Gasteiger partial charge in [-0.2, -0.15) is 5.10 Å². The molecule has 0 saturated carbocycles. The van der Waals surface area contributed by atoms with Crippen molar-refractivity contribution in [3.63, 3.8) is 0 Å². The van der Waals surface area contributed by atoms with Gasteiger partial charge in [-0.3, -0.25) is 24.3 Å². The number of hydrogen-bond donors (Lipinski definition) is 5. The standard InChI is InChI=1S/2C16H16N4O3/c1-9(2)23-14-7-13-10(8-18-20-13)6-11(14)15(21)19-12-4-3-5-17-16(12)22;1-10(2)23-13-8-14-17-6-7-20(14)9-11(13)15(21)19-12-4-3-5-18-16(12)22/h3-9H,1-2H3,(H,17,22)(H,18,20)(H,19,21);3-10H,1-2H3,(H,18,22)(H,19,21). The highest BCUT2D eigenvalue weighted by atomic mass is 16.5. The van der Waals surface area contributed by atoms with E-state index in [-0.39, 0.29) is 34.7 Å². The first-order chi connectivity index (χ1) is 22.1. The number of aromatic amines is 3. The van der Waals surface area contributed by atoms with Crippen molar-refractivity contribution < 1.29 is 19.1 Å². The number of carbonyl (C=O) groups is 2. The number of fused-ring (bicyclic) bond motifs is 2. The smallest absolute Gasteiger partial charge is 0.271 e. The van der Waals surface area contributed by atoms with Crippen LogP contribution in [0.4, 0.5) is 11.4 Å². The second-order valence-electron chi connectivity index (χ2n) is 10.6. The van der Waals surface area contributed by atoms with Crippen LogP contribution in [0.1, 0.15) is 48.4 Å². The fourth-order valence-corrected chi connectivity index (χ4v) is 4.38. The van der Waals surface area contributed by atoms with Gasteiger partial charge in [0, 0.05) is 48.5 Å². The second-order valence-corrected chi connectivity index (χ2v) is 10.6. The maximum Gasteiger partial charge on any atom is 0.271 e. The Bertz CT molecular complexity index is 1970. The number of amides is 2. The summed E-state index contributed by atoms with van der Waals surface area (Å²) in [6.07, 6.45) is 9.44. The molecule has 1 aromatic carbocycles. The summed E-state index contributed by atoms with van der Waals surface area (Å²) in [6.45, 7) is 7.50. The highest BCUT2D eigenvalue weighted by Gasteiger charge is 2.18. The molecule has 0 aliphatic carbocycles. The topological polar surface area (TPSA) is 188 Å². The van der Waals surface area contributed by atoms with E-state index >= 15 is 0 Å². The summed E-state index contributed by atoms with van der Waals surface area (Å²) in [4.78, 5) is 57.7. The summed E-state index contributed by atoms with van der Waals surface area (Å²) < 4.78 is 13.1. The molecule has 0 aliphatic rings. The summed E-state index contributed by atoms with van der Waals surface area (Å²) in [7, 11) is 0. The Labute approximate surface area is 261 Å². The van der Waals surface area contributed by atoms with Crippen LogP contribution in [-0.2, 0) is 0 Å². The van der Waals surface area contributed by atoms with Gasteiger partial charge in [-0.05, 0) is 58.0 Å². The molecule has 5 heterocycles. The monoisotopic (exact) mass is 624 g/mol. The third kappa shape index (κ3) is 7.30. The zero-order valence-corrected chi connectivity index (χ0v) is 25.5. The summed E-state index contributed by atoms with van der Waals surface area (Å²) >= 11 is 0. The number of nitrogens with one attached hydrogen (secondary N) is 5. The van der Waals surface area contributed by atoms with Gasteiger partial charge in [0.15, 0.2) is 0 Å². The molecule has 0 radical (unpaired) electrons. The number of hydrogen-bond acceptors (Lipinski definition) is 8. The van der Waals surface area contributed by atoms with Gasteiger partial charge in [-0.25, -0.2) is 4.98 Å². The lowest BCUT2D eigenvalue weighted by Gasteiger charge is -2.14. The molecular formula is C32H32N8O6. The molecule has 46 heavy (non-hydrogen) atoms. The molecule has 14 nitrogen and oxygen atoms in total. The summed E-state index contributed by atoms with van der Waals surface area (Å²) in [5.41, 5.74) is 1.75. The van der Waals surface area contributed by atoms with Crippen LogP contribution in [0.25, 0.3) is 16.6 Å². The van der Waals surface area contributed by atoms with E-state index < -0.39 is 11.8 Å². The predicted octanol–water partition coefficient (Wildman–Crippen LogP) is 4.35. The van der Waals surface area contributed by atoms with Crippen LogP contribution in [0.3, 0.4) is 0 Å². The number of benzene rings is 1. The Morgan fingerprint density at radius 2 is 1.41 bits per heavy atom. The van der Waals surface area contributed by atoms with Gasteiger partial charge in [-0.15, -0.1) is 0 Å². The normalized spacial score (nSPS) is 10.9.